The Kier molecular flexibility index (Phi) is 2.97. The molecule has 4 nitrogen and oxygen atoms in total. The Balaban J connectivity index is 3.07. The van der Waals surface area contributed by atoms with Gasteiger partial charge in [-0.3, -0.25) is 4.57 Å². The SMILES string of the molecule is CCNc1nnc(C(F)(F)F)n1CC. The Morgan fingerprint density at radius 1 is 1.29 bits per heavy atom. The van der Waals surface area contributed by atoms with Crippen LogP contribution < -0.4 is 5.32 Å². The normalized spacial score (nSPS) is 11.8. The molecule has 0 radical (unpaired) electrons. The molecule has 1 heterocycles. The minimum Gasteiger partial charge on any atom is -0.355 e. The summed E-state index contributed by atoms with van der Waals surface area (Å²) in [5.74, 6) is -0.807. The van der Waals surface area contributed by atoms with Crippen LogP contribution in [0.2, 0.25) is 0 Å². The maximum Gasteiger partial charge on any atom is 0.451 e. The largest absolute Gasteiger partial charge is 0.451 e. The molecule has 0 saturated carbocycles. The molecule has 0 spiro atoms. The number of halogens is 3. The average molecular weight is 208 g/mol. The smallest absolute Gasteiger partial charge is 0.355 e. The van der Waals surface area contributed by atoms with Gasteiger partial charge in [-0.05, 0) is 13.8 Å². The lowest BCUT2D eigenvalue weighted by Gasteiger charge is -2.09. The Hall–Kier alpha value is -1.27. The van der Waals surface area contributed by atoms with Crippen molar-refractivity contribution < 1.29 is 13.2 Å². The van der Waals surface area contributed by atoms with Crippen molar-refractivity contribution in [3.8, 4) is 0 Å². The maximum atomic E-state index is 12.3. The molecular weight excluding hydrogens is 197 g/mol. The van der Waals surface area contributed by atoms with E-state index in [4.69, 9.17) is 0 Å². The molecule has 1 aromatic heterocycles. The first-order valence-corrected chi connectivity index (χ1v) is 4.25. The van der Waals surface area contributed by atoms with E-state index in [9.17, 15) is 13.2 Å². The fraction of sp³-hybridized carbons (Fsp3) is 0.714. The number of nitrogens with one attached hydrogen (secondary N) is 1. The molecule has 0 aliphatic rings. The lowest BCUT2D eigenvalue weighted by Crippen LogP contribution is -2.16. The van der Waals surface area contributed by atoms with Crippen molar-refractivity contribution in [2.45, 2.75) is 26.6 Å². The van der Waals surface area contributed by atoms with Gasteiger partial charge in [0.25, 0.3) is 0 Å². The fourth-order valence-electron chi connectivity index (χ4n) is 1.10. The Morgan fingerprint density at radius 2 is 1.93 bits per heavy atom. The fourth-order valence-corrected chi connectivity index (χ4v) is 1.10. The van der Waals surface area contributed by atoms with Crippen molar-refractivity contribution in [3.05, 3.63) is 5.82 Å². The molecule has 14 heavy (non-hydrogen) atoms. The molecule has 0 fully saturated rings. The van der Waals surface area contributed by atoms with Crippen LogP contribution >= 0.6 is 0 Å². The summed E-state index contributed by atoms with van der Waals surface area (Å²) in [5, 5.41) is 9.24. The van der Waals surface area contributed by atoms with Crippen molar-refractivity contribution in [1.29, 1.82) is 0 Å². The second-order valence-electron chi connectivity index (χ2n) is 2.62. The standard InChI is InChI=1S/C7H11F3N4/c1-3-11-6-13-12-5(7(8,9)10)14(6)4-2/h3-4H2,1-2H3,(H,11,13). The molecule has 1 aromatic rings. The lowest BCUT2D eigenvalue weighted by molar-refractivity contribution is -0.147. The molecule has 0 aromatic carbocycles. The molecule has 0 saturated heterocycles. The van der Waals surface area contributed by atoms with E-state index in [-0.39, 0.29) is 12.5 Å². The summed E-state index contributed by atoms with van der Waals surface area (Å²) in [6, 6.07) is 0. The number of rotatable bonds is 3. The third kappa shape index (κ3) is 1.97. The van der Waals surface area contributed by atoms with Crippen molar-refractivity contribution in [2.75, 3.05) is 11.9 Å². The van der Waals surface area contributed by atoms with E-state index in [2.05, 4.69) is 15.5 Å². The van der Waals surface area contributed by atoms with Crippen molar-refractivity contribution in [3.63, 3.8) is 0 Å². The molecule has 7 heteroatoms. The summed E-state index contributed by atoms with van der Waals surface area (Å²) < 4.78 is 38.0. The summed E-state index contributed by atoms with van der Waals surface area (Å²) in [7, 11) is 0. The van der Waals surface area contributed by atoms with Crippen LogP contribution in [0.5, 0.6) is 0 Å². The maximum absolute atomic E-state index is 12.3. The monoisotopic (exact) mass is 208 g/mol. The van der Waals surface area contributed by atoms with Gasteiger partial charge in [0, 0.05) is 13.1 Å². The zero-order valence-electron chi connectivity index (χ0n) is 7.89. The summed E-state index contributed by atoms with van der Waals surface area (Å²) in [4.78, 5) is 0. The van der Waals surface area contributed by atoms with Crippen molar-refractivity contribution >= 4 is 5.95 Å². The van der Waals surface area contributed by atoms with Crippen molar-refractivity contribution in [1.82, 2.24) is 14.8 Å². The Bertz CT molecular complexity index is 304. The number of alkyl halides is 3. The van der Waals surface area contributed by atoms with Gasteiger partial charge in [0.05, 0.1) is 0 Å². The van der Waals surface area contributed by atoms with E-state index in [1.807, 2.05) is 0 Å². The molecule has 0 atom stereocenters. The number of hydrogen-bond donors (Lipinski definition) is 1. The van der Waals surface area contributed by atoms with Crippen molar-refractivity contribution in [2.24, 2.45) is 0 Å². The summed E-state index contributed by atoms with van der Waals surface area (Å²) in [6.45, 7) is 4.08. The first-order valence-electron chi connectivity index (χ1n) is 4.25. The van der Waals surface area contributed by atoms with Gasteiger partial charge in [0.1, 0.15) is 0 Å². The molecule has 0 unspecified atom stereocenters. The molecule has 80 valence electrons. The first-order chi connectivity index (χ1) is 6.50. The van der Waals surface area contributed by atoms with Crippen LogP contribution in [-0.2, 0) is 12.7 Å². The van der Waals surface area contributed by atoms with Crippen LogP contribution in [0, 0.1) is 0 Å². The summed E-state index contributed by atoms with van der Waals surface area (Å²) >= 11 is 0. The van der Waals surface area contributed by atoms with E-state index in [1.165, 1.54) is 0 Å². The number of aromatic nitrogens is 3. The second kappa shape index (κ2) is 3.85. The minimum absolute atomic E-state index is 0.155. The highest BCUT2D eigenvalue weighted by Gasteiger charge is 2.37. The van der Waals surface area contributed by atoms with E-state index >= 15 is 0 Å². The number of hydrogen-bond acceptors (Lipinski definition) is 3. The third-order valence-electron chi connectivity index (χ3n) is 1.66. The van der Waals surface area contributed by atoms with Gasteiger partial charge in [-0.25, -0.2) is 0 Å². The first kappa shape index (κ1) is 10.8. The van der Waals surface area contributed by atoms with Crippen LogP contribution in [0.15, 0.2) is 0 Å². The predicted molar refractivity (Wildman–Crippen MR) is 44.9 cm³/mol. The summed E-state index contributed by atoms with van der Waals surface area (Å²) in [6.07, 6.45) is -4.45. The molecule has 0 aliphatic carbocycles. The summed E-state index contributed by atoms with van der Waals surface area (Å²) in [5.41, 5.74) is 0. The zero-order valence-corrected chi connectivity index (χ0v) is 7.89. The van der Waals surface area contributed by atoms with E-state index in [1.54, 1.807) is 13.8 Å². The van der Waals surface area contributed by atoms with Gasteiger partial charge >= 0.3 is 6.18 Å². The molecule has 0 bridgehead atoms. The van der Waals surface area contributed by atoms with Crippen LogP contribution in [0.4, 0.5) is 19.1 Å². The third-order valence-corrected chi connectivity index (χ3v) is 1.66. The van der Waals surface area contributed by atoms with Gasteiger partial charge in [0.15, 0.2) is 0 Å². The molecule has 0 aliphatic heterocycles. The molecular formula is C7H11F3N4. The van der Waals surface area contributed by atoms with E-state index < -0.39 is 12.0 Å². The van der Waals surface area contributed by atoms with Crippen LogP contribution in [-0.4, -0.2) is 21.3 Å². The van der Waals surface area contributed by atoms with Gasteiger partial charge in [-0.1, -0.05) is 0 Å². The highest BCUT2D eigenvalue weighted by Crippen LogP contribution is 2.28. The van der Waals surface area contributed by atoms with E-state index in [0.29, 0.717) is 6.54 Å². The van der Waals surface area contributed by atoms with Gasteiger partial charge < -0.3 is 5.32 Å². The quantitative estimate of drug-likeness (QED) is 0.822. The second-order valence-corrected chi connectivity index (χ2v) is 2.62. The zero-order chi connectivity index (χ0) is 10.8. The number of nitrogens with zero attached hydrogens (tertiary/aromatic N) is 3. The minimum atomic E-state index is -4.45. The predicted octanol–water partition coefficient (Wildman–Crippen LogP) is 1.75. The van der Waals surface area contributed by atoms with Crippen LogP contribution in [0.25, 0.3) is 0 Å². The Morgan fingerprint density at radius 3 is 2.36 bits per heavy atom. The van der Waals surface area contributed by atoms with E-state index in [0.717, 1.165) is 4.57 Å². The van der Waals surface area contributed by atoms with Gasteiger partial charge in [-0.15, -0.1) is 10.2 Å². The highest BCUT2D eigenvalue weighted by molar-refractivity contribution is 5.26. The topological polar surface area (TPSA) is 42.7 Å². The highest BCUT2D eigenvalue weighted by atomic mass is 19.4. The van der Waals surface area contributed by atoms with Gasteiger partial charge in [0.2, 0.25) is 11.8 Å². The molecule has 0 amide bonds. The average Bonchev–Trinajstić information content (AvgIpc) is 2.47. The molecule has 1 rings (SSSR count). The van der Waals surface area contributed by atoms with Gasteiger partial charge in [-0.2, -0.15) is 13.2 Å². The Labute approximate surface area is 79.1 Å². The lowest BCUT2D eigenvalue weighted by atomic mass is 10.5. The number of anilines is 1. The van der Waals surface area contributed by atoms with Crippen LogP contribution in [0.1, 0.15) is 19.7 Å². The van der Waals surface area contributed by atoms with Crippen LogP contribution in [0.3, 0.4) is 0 Å². The molecule has 1 N–H and O–H groups in total.